The van der Waals surface area contributed by atoms with Crippen LogP contribution in [0.3, 0.4) is 0 Å². The van der Waals surface area contributed by atoms with Gasteiger partial charge in [-0.05, 0) is 0 Å². The molecule has 0 aliphatic rings. The minimum atomic E-state index is -3.37. The van der Waals surface area contributed by atoms with Gasteiger partial charge in [0.2, 0.25) is 5.91 Å². The summed E-state index contributed by atoms with van der Waals surface area (Å²) in [6, 6.07) is 0. The van der Waals surface area contributed by atoms with E-state index in [4.69, 9.17) is 0 Å². The molecule has 0 atom stereocenters. The summed E-state index contributed by atoms with van der Waals surface area (Å²) >= 11 is 0. The van der Waals surface area contributed by atoms with Gasteiger partial charge in [0.1, 0.15) is 0 Å². The van der Waals surface area contributed by atoms with Crippen LogP contribution in [0.2, 0.25) is 0 Å². The number of rotatable bonds is 5. The summed E-state index contributed by atoms with van der Waals surface area (Å²) in [7, 11) is -2.06. The maximum Gasteiger partial charge on any atom is 0.276 e. The van der Waals surface area contributed by atoms with Crippen LogP contribution in [0.5, 0.6) is 0 Å². The fraction of sp³-hybridized carbons (Fsp3) is 0.800. The van der Waals surface area contributed by atoms with Gasteiger partial charge in [0.25, 0.3) is 10.2 Å². The fourth-order valence-electron chi connectivity index (χ4n) is 0.496. The highest BCUT2D eigenvalue weighted by Crippen LogP contribution is 1.70. The first-order valence-corrected chi connectivity index (χ1v) is 4.89. The van der Waals surface area contributed by atoms with Crippen LogP contribution in [0, 0.1) is 0 Å². The molecular formula is C5H13N3O3S. The molecule has 0 bridgehead atoms. The van der Waals surface area contributed by atoms with Crippen molar-refractivity contribution >= 4 is 16.1 Å². The highest BCUT2D eigenvalue weighted by molar-refractivity contribution is 7.87. The molecule has 0 unspecified atom stereocenters. The maximum absolute atomic E-state index is 10.7. The monoisotopic (exact) mass is 195 g/mol. The van der Waals surface area contributed by atoms with Gasteiger partial charge in [-0.25, -0.2) is 9.44 Å². The highest BCUT2D eigenvalue weighted by atomic mass is 32.2. The third kappa shape index (κ3) is 6.08. The predicted molar refractivity (Wildman–Crippen MR) is 44.7 cm³/mol. The van der Waals surface area contributed by atoms with Crippen molar-refractivity contribution in [3.63, 3.8) is 0 Å². The van der Waals surface area contributed by atoms with Gasteiger partial charge in [0.15, 0.2) is 0 Å². The van der Waals surface area contributed by atoms with Gasteiger partial charge < -0.3 is 5.32 Å². The zero-order chi connectivity index (χ0) is 9.61. The average Bonchev–Trinajstić information content (AvgIpc) is 1.98. The summed E-state index contributed by atoms with van der Waals surface area (Å²) in [5, 5.41) is 2.45. The molecule has 1 amide bonds. The molecule has 12 heavy (non-hydrogen) atoms. The van der Waals surface area contributed by atoms with Crippen LogP contribution in [-0.2, 0) is 15.0 Å². The second kappa shape index (κ2) is 5.07. The minimum absolute atomic E-state index is 0.182. The van der Waals surface area contributed by atoms with E-state index >= 15 is 0 Å². The molecule has 0 spiro atoms. The first kappa shape index (κ1) is 11.3. The smallest absolute Gasteiger partial charge is 0.276 e. The Bertz CT molecular complexity index is 236. The van der Waals surface area contributed by atoms with Crippen LogP contribution < -0.4 is 14.8 Å². The first-order chi connectivity index (χ1) is 5.48. The SMILES string of the molecule is CNS(=O)(=O)NCCNC(C)=O. The largest absolute Gasteiger partial charge is 0.355 e. The first-order valence-electron chi connectivity index (χ1n) is 3.40. The van der Waals surface area contributed by atoms with Gasteiger partial charge in [-0.2, -0.15) is 8.42 Å². The lowest BCUT2D eigenvalue weighted by molar-refractivity contribution is -0.118. The summed E-state index contributed by atoms with van der Waals surface area (Å²) in [6.07, 6.45) is 0. The molecule has 0 radical (unpaired) electrons. The van der Waals surface area contributed by atoms with E-state index in [0.717, 1.165) is 0 Å². The van der Waals surface area contributed by atoms with Crippen LogP contribution in [0.25, 0.3) is 0 Å². The molecule has 0 aromatic heterocycles. The van der Waals surface area contributed by atoms with Crippen LogP contribution >= 0.6 is 0 Å². The molecule has 0 aliphatic heterocycles. The molecule has 3 N–H and O–H groups in total. The summed E-state index contributed by atoms with van der Waals surface area (Å²) in [4.78, 5) is 10.3. The topological polar surface area (TPSA) is 87.3 Å². The van der Waals surface area contributed by atoms with E-state index in [0.29, 0.717) is 0 Å². The Morgan fingerprint density at radius 2 is 1.92 bits per heavy atom. The van der Waals surface area contributed by atoms with E-state index in [-0.39, 0.29) is 19.0 Å². The van der Waals surface area contributed by atoms with Crippen LogP contribution in [-0.4, -0.2) is 34.5 Å². The lowest BCUT2D eigenvalue weighted by Gasteiger charge is -2.04. The molecule has 0 saturated carbocycles. The third-order valence-corrected chi connectivity index (χ3v) is 2.18. The average molecular weight is 195 g/mol. The van der Waals surface area contributed by atoms with Crippen molar-refractivity contribution in [1.29, 1.82) is 0 Å². The van der Waals surface area contributed by atoms with Crippen LogP contribution in [0.4, 0.5) is 0 Å². The van der Waals surface area contributed by atoms with Crippen molar-refractivity contribution in [3.8, 4) is 0 Å². The molecule has 0 aromatic rings. The summed E-state index contributed by atoms with van der Waals surface area (Å²) in [6.45, 7) is 1.84. The quantitative estimate of drug-likeness (QED) is 0.451. The lowest BCUT2D eigenvalue weighted by atomic mass is 10.6. The molecule has 0 saturated heterocycles. The number of hydrogen-bond donors (Lipinski definition) is 3. The Hall–Kier alpha value is -0.660. The van der Waals surface area contributed by atoms with Crippen molar-refractivity contribution in [2.75, 3.05) is 20.1 Å². The molecule has 72 valence electrons. The Labute approximate surface area is 71.9 Å². The Morgan fingerprint density at radius 1 is 1.33 bits per heavy atom. The van der Waals surface area contributed by atoms with Gasteiger partial charge in [-0.15, -0.1) is 0 Å². The summed E-state index contributed by atoms with van der Waals surface area (Å²) in [5.41, 5.74) is 0. The molecular weight excluding hydrogens is 182 g/mol. The number of hydrogen-bond acceptors (Lipinski definition) is 3. The van der Waals surface area contributed by atoms with Gasteiger partial charge in [-0.3, -0.25) is 4.79 Å². The van der Waals surface area contributed by atoms with Gasteiger partial charge in [-0.1, -0.05) is 0 Å². The second-order valence-electron chi connectivity index (χ2n) is 2.08. The lowest BCUT2D eigenvalue weighted by Crippen LogP contribution is -2.38. The van der Waals surface area contributed by atoms with Crippen molar-refractivity contribution in [2.45, 2.75) is 6.92 Å². The molecule has 7 heteroatoms. The molecule has 0 fully saturated rings. The van der Waals surface area contributed by atoms with E-state index < -0.39 is 10.2 Å². The van der Waals surface area contributed by atoms with Crippen molar-refractivity contribution in [2.24, 2.45) is 0 Å². The van der Waals surface area contributed by atoms with E-state index in [9.17, 15) is 13.2 Å². The zero-order valence-corrected chi connectivity index (χ0v) is 7.86. The van der Waals surface area contributed by atoms with Crippen molar-refractivity contribution in [3.05, 3.63) is 0 Å². The number of nitrogens with one attached hydrogen (secondary N) is 3. The molecule has 0 rings (SSSR count). The molecule has 0 aliphatic carbocycles. The maximum atomic E-state index is 10.7. The summed E-state index contributed by atoms with van der Waals surface area (Å²) < 4.78 is 25.7. The summed E-state index contributed by atoms with van der Waals surface area (Å²) in [5.74, 6) is -0.182. The van der Waals surface area contributed by atoms with E-state index in [1.165, 1.54) is 14.0 Å². The van der Waals surface area contributed by atoms with Gasteiger partial charge in [0.05, 0.1) is 0 Å². The van der Waals surface area contributed by atoms with Crippen molar-refractivity contribution < 1.29 is 13.2 Å². The van der Waals surface area contributed by atoms with E-state index in [1.807, 2.05) is 0 Å². The third-order valence-electron chi connectivity index (χ3n) is 1.06. The number of amides is 1. The van der Waals surface area contributed by atoms with E-state index in [1.54, 1.807) is 0 Å². The Morgan fingerprint density at radius 3 is 2.33 bits per heavy atom. The van der Waals surface area contributed by atoms with E-state index in [2.05, 4.69) is 14.8 Å². The van der Waals surface area contributed by atoms with Gasteiger partial charge in [0, 0.05) is 27.1 Å². The number of carbonyl (C=O) groups is 1. The van der Waals surface area contributed by atoms with Crippen LogP contribution in [0.1, 0.15) is 6.92 Å². The van der Waals surface area contributed by atoms with Crippen molar-refractivity contribution in [1.82, 2.24) is 14.8 Å². The molecule has 6 nitrogen and oxygen atoms in total. The normalized spacial score (nSPS) is 11.2. The molecule has 0 heterocycles. The van der Waals surface area contributed by atoms with Crippen LogP contribution in [0.15, 0.2) is 0 Å². The van der Waals surface area contributed by atoms with Gasteiger partial charge >= 0.3 is 0 Å². The minimum Gasteiger partial charge on any atom is -0.355 e. The predicted octanol–water partition coefficient (Wildman–Crippen LogP) is -1.82. The Kier molecular flexibility index (Phi) is 4.79. The Balaban J connectivity index is 3.51. The number of carbonyl (C=O) groups excluding carboxylic acids is 1. The molecule has 0 aromatic carbocycles. The standard InChI is InChI=1S/C5H13N3O3S/c1-5(9)7-3-4-8-12(10,11)6-2/h6,8H,3-4H2,1-2H3,(H,7,9). The second-order valence-corrected chi connectivity index (χ2v) is 3.79. The highest BCUT2D eigenvalue weighted by Gasteiger charge is 2.03. The zero-order valence-electron chi connectivity index (χ0n) is 7.05. The fourth-order valence-corrected chi connectivity index (χ4v) is 1.01.